The summed E-state index contributed by atoms with van der Waals surface area (Å²) >= 11 is 5.68. The maximum Gasteiger partial charge on any atom is 0.254 e. The molecule has 0 radical (unpaired) electrons. The largest absolute Gasteiger partial charge is 0.352 e. The molecule has 0 saturated carbocycles. The summed E-state index contributed by atoms with van der Waals surface area (Å²) in [5.74, 6) is 0.766. The molecule has 1 amide bonds. The number of carbonyl (C=O) groups is 1. The summed E-state index contributed by atoms with van der Waals surface area (Å²) in [7, 11) is 1.82. The van der Waals surface area contributed by atoms with Gasteiger partial charge in [0.1, 0.15) is 0 Å². The number of alkyl halides is 1. The zero-order valence-corrected chi connectivity index (χ0v) is 10.7. The van der Waals surface area contributed by atoms with Crippen molar-refractivity contribution in [2.24, 2.45) is 13.0 Å². The molecule has 5 heteroatoms. The van der Waals surface area contributed by atoms with Gasteiger partial charge in [-0.2, -0.15) is 5.10 Å². The molecule has 16 heavy (non-hydrogen) atoms. The van der Waals surface area contributed by atoms with Gasteiger partial charge in [0.2, 0.25) is 0 Å². The van der Waals surface area contributed by atoms with E-state index in [1.807, 2.05) is 20.9 Å². The molecule has 0 aliphatic heterocycles. The molecule has 0 aromatic carbocycles. The molecule has 1 atom stereocenters. The van der Waals surface area contributed by atoms with Crippen LogP contribution in [-0.2, 0) is 13.5 Å². The van der Waals surface area contributed by atoms with Gasteiger partial charge in [0.15, 0.2) is 0 Å². The van der Waals surface area contributed by atoms with E-state index in [0.29, 0.717) is 18.0 Å². The summed E-state index contributed by atoms with van der Waals surface area (Å²) < 4.78 is 1.67. The number of amides is 1. The Hall–Kier alpha value is -1.03. The zero-order valence-electron chi connectivity index (χ0n) is 9.96. The maximum atomic E-state index is 11.9. The van der Waals surface area contributed by atoms with E-state index < -0.39 is 0 Å². The lowest BCUT2D eigenvalue weighted by atomic mass is 10.2. The van der Waals surface area contributed by atoms with E-state index in [4.69, 9.17) is 11.6 Å². The fourth-order valence-electron chi connectivity index (χ4n) is 1.40. The zero-order chi connectivity index (χ0) is 12.1. The molecular weight excluding hydrogens is 226 g/mol. The minimum atomic E-state index is -0.0677. The van der Waals surface area contributed by atoms with Crippen LogP contribution in [0.1, 0.15) is 29.9 Å². The Morgan fingerprint density at radius 2 is 2.38 bits per heavy atom. The molecule has 0 aliphatic carbocycles. The molecule has 1 unspecified atom stereocenters. The molecular formula is C11H18ClN3O. The Labute approximate surface area is 101 Å². The van der Waals surface area contributed by atoms with E-state index >= 15 is 0 Å². The number of aromatic nitrogens is 2. The molecule has 1 aromatic heterocycles. The minimum Gasteiger partial charge on any atom is -0.352 e. The lowest BCUT2D eigenvalue weighted by Crippen LogP contribution is -2.29. The van der Waals surface area contributed by atoms with Gasteiger partial charge >= 0.3 is 0 Å². The van der Waals surface area contributed by atoms with Crippen LogP contribution in [0.3, 0.4) is 0 Å². The number of rotatable bonds is 5. The van der Waals surface area contributed by atoms with Gasteiger partial charge in [-0.25, -0.2) is 0 Å². The molecule has 0 aliphatic rings. The highest BCUT2D eigenvalue weighted by atomic mass is 35.5. The summed E-state index contributed by atoms with van der Waals surface area (Å²) in [6.45, 7) is 4.58. The average Bonchev–Trinajstić information content (AvgIpc) is 2.66. The van der Waals surface area contributed by atoms with Crippen molar-refractivity contribution in [2.75, 3.05) is 12.4 Å². The van der Waals surface area contributed by atoms with Crippen molar-refractivity contribution < 1.29 is 4.79 Å². The molecule has 1 N–H and O–H groups in total. The van der Waals surface area contributed by atoms with Crippen LogP contribution in [0.5, 0.6) is 0 Å². The topological polar surface area (TPSA) is 46.9 Å². The molecule has 0 bridgehead atoms. The summed E-state index contributed by atoms with van der Waals surface area (Å²) in [5, 5.41) is 7.09. The molecule has 0 saturated heterocycles. The van der Waals surface area contributed by atoms with E-state index in [0.717, 1.165) is 12.1 Å². The third-order valence-electron chi connectivity index (χ3n) is 2.36. The second-order valence-corrected chi connectivity index (χ2v) is 4.29. The van der Waals surface area contributed by atoms with Gasteiger partial charge in [-0.1, -0.05) is 13.8 Å². The van der Waals surface area contributed by atoms with Gasteiger partial charge in [0.05, 0.1) is 11.3 Å². The minimum absolute atomic E-state index is 0.0677. The van der Waals surface area contributed by atoms with Crippen molar-refractivity contribution in [3.63, 3.8) is 0 Å². The maximum absolute atomic E-state index is 11.9. The van der Waals surface area contributed by atoms with Gasteiger partial charge in [-0.15, -0.1) is 11.6 Å². The van der Waals surface area contributed by atoms with Crippen molar-refractivity contribution in [3.05, 3.63) is 17.5 Å². The molecule has 0 spiro atoms. The Balaban J connectivity index is 2.65. The third kappa shape index (κ3) is 3.23. The van der Waals surface area contributed by atoms with Crippen LogP contribution in [0.2, 0.25) is 0 Å². The first-order valence-electron chi connectivity index (χ1n) is 5.45. The van der Waals surface area contributed by atoms with Crippen LogP contribution in [0.15, 0.2) is 6.20 Å². The van der Waals surface area contributed by atoms with Crippen LogP contribution in [0.4, 0.5) is 0 Å². The molecule has 4 nitrogen and oxygen atoms in total. The van der Waals surface area contributed by atoms with E-state index in [9.17, 15) is 4.79 Å². The van der Waals surface area contributed by atoms with Gasteiger partial charge in [-0.05, 0) is 12.3 Å². The number of carbonyl (C=O) groups excluding carboxylic acids is 1. The van der Waals surface area contributed by atoms with E-state index in [1.165, 1.54) is 0 Å². The highest BCUT2D eigenvalue weighted by molar-refractivity contribution is 6.18. The molecule has 1 rings (SSSR count). The van der Waals surface area contributed by atoms with Crippen LogP contribution in [0.25, 0.3) is 0 Å². The van der Waals surface area contributed by atoms with Crippen molar-refractivity contribution >= 4 is 17.5 Å². The highest BCUT2D eigenvalue weighted by Crippen LogP contribution is 2.07. The Kier molecular flexibility index (Phi) is 4.80. The van der Waals surface area contributed by atoms with Crippen LogP contribution >= 0.6 is 11.6 Å². The first-order valence-corrected chi connectivity index (χ1v) is 5.98. The Bertz CT molecular complexity index is 362. The SMILES string of the molecule is CCc1nn(C)cc1C(=O)NCC(C)CCl. The quantitative estimate of drug-likeness (QED) is 0.799. The Morgan fingerprint density at radius 1 is 1.69 bits per heavy atom. The van der Waals surface area contributed by atoms with Crippen molar-refractivity contribution in [1.82, 2.24) is 15.1 Å². The van der Waals surface area contributed by atoms with Gasteiger partial charge in [-0.3, -0.25) is 9.48 Å². The number of halogens is 1. The summed E-state index contributed by atoms with van der Waals surface area (Å²) in [6, 6.07) is 0. The lowest BCUT2D eigenvalue weighted by Gasteiger charge is -2.08. The monoisotopic (exact) mass is 243 g/mol. The average molecular weight is 244 g/mol. The van der Waals surface area contributed by atoms with Crippen LogP contribution in [0, 0.1) is 5.92 Å². The van der Waals surface area contributed by atoms with Crippen LogP contribution < -0.4 is 5.32 Å². The molecule has 0 fully saturated rings. The number of nitrogens with one attached hydrogen (secondary N) is 1. The number of hydrogen-bond donors (Lipinski definition) is 1. The van der Waals surface area contributed by atoms with Gasteiger partial charge in [0.25, 0.3) is 5.91 Å². The smallest absolute Gasteiger partial charge is 0.254 e. The van der Waals surface area contributed by atoms with E-state index in [1.54, 1.807) is 10.9 Å². The second-order valence-electron chi connectivity index (χ2n) is 3.99. The third-order valence-corrected chi connectivity index (χ3v) is 2.89. The summed E-state index contributed by atoms with van der Waals surface area (Å²) in [6.07, 6.45) is 2.51. The van der Waals surface area contributed by atoms with Crippen molar-refractivity contribution in [3.8, 4) is 0 Å². The first kappa shape index (κ1) is 13.0. The molecule has 90 valence electrons. The van der Waals surface area contributed by atoms with Gasteiger partial charge < -0.3 is 5.32 Å². The van der Waals surface area contributed by atoms with Crippen LogP contribution in [-0.4, -0.2) is 28.1 Å². The van der Waals surface area contributed by atoms with E-state index in [2.05, 4.69) is 10.4 Å². The van der Waals surface area contributed by atoms with Gasteiger partial charge in [0, 0.05) is 25.7 Å². The standard InChI is InChI=1S/C11H18ClN3O/c1-4-10-9(7-15(3)14-10)11(16)13-6-8(2)5-12/h7-8H,4-6H2,1-3H3,(H,13,16). The number of hydrogen-bond acceptors (Lipinski definition) is 2. The summed E-state index contributed by atoms with van der Waals surface area (Å²) in [4.78, 5) is 11.9. The van der Waals surface area contributed by atoms with Crippen molar-refractivity contribution in [2.45, 2.75) is 20.3 Å². The fourth-order valence-corrected chi connectivity index (χ4v) is 1.51. The van der Waals surface area contributed by atoms with Crippen molar-refractivity contribution in [1.29, 1.82) is 0 Å². The normalized spacial score (nSPS) is 12.5. The fraction of sp³-hybridized carbons (Fsp3) is 0.636. The predicted octanol–water partition coefficient (Wildman–Crippen LogP) is 1.59. The first-order chi connectivity index (χ1) is 7.58. The number of nitrogens with zero attached hydrogens (tertiary/aromatic N) is 2. The summed E-state index contributed by atoms with van der Waals surface area (Å²) in [5.41, 5.74) is 1.49. The molecule has 1 heterocycles. The highest BCUT2D eigenvalue weighted by Gasteiger charge is 2.14. The second kappa shape index (κ2) is 5.89. The van der Waals surface area contributed by atoms with E-state index in [-0.39, 0.29) is 11.8 Å². The molecule has 1 aromatic rings. The predicted molar refractivity (Wildman–Crippen MR) is 64.8 cm³/mol. The lowest BCUT2D eigenvalue weighted by molar-refractivity contribution is 0.0948. The number of aryl methyl sites for hydroxylation is 2. The Morgan fingerprint density at radius 3 is 2.94 bits per heavy atom.